The second-order valence-electron chi connectivity index (χ2n) is 13.3. The Morgan fingerprint density at radius 3 is 2.33 bits per heavy atom. The molecule has 1 saturated heterocycles. The number of anilines is 1. The van der Waals surface area contributed by atoms with Gasteiger partial charge in [-0.1, -0.05) is 25.6 Å². The van der Waals surface area contributed by atoms with E-state index in [1.54, 1.807) is 24.3 Å². The van der Waals surface area contributed by atoms with Gasteiger partial charge in [0.15, 0.2) is 23.7 Å². The average Bonchev–Trinajstić information content (AvgIpc) is 3.71. The van der Waals surface area contributed by atoms with Crippen LogP contribution in [0.15, 0.2) is 41.9 Å². The van der Waals surface area contributed by atoms with Crippen LogP contribution < -0.4 is 27.8 Å². The molecule has 27 nitrogen and oxygen atoms in total. The molecule has 7 atom stereocenters. The van der Waals surface area contributed by atoms with Crippen LogP contribution in [-0.2, 0) is 45.9 Å². The Labute approximate surface area is 343 Å². The number of carbonyl (C=O) groups is 3. The number of hydrogen-bond donors (Lipinski definition) is 11. The number of phosphoric acid groups is 3. The molecule has 1 fully saturated rings. The summed E-state index contributed by atoms with van der Waals surface area (Å²) < 4.78 is 62.2. The highest BCUT2D eigenvalue weighted by Gasteiger charge is 2.50. The lowest BCUT2D eigenvalue weighted by atomic mass is 9.87. The van der Waals surface area contributed by atoms with Gasteiger partial charge in [-0.25, -0.2) is 33.6 Å². The van der Waals surface area contributed by atoms with E-state index in [0.717, 1.165) is 29.0 Å². The monoisotopic (exact) mass is 928 g/mol. The van der Waals surface area contributed by atoms with Crippen LogP contribution in [0.3, 0.4) is 0 Å². The van der Waals surface area contributed by atoms with E-state index in [-0.39, 0.29) is 53.3 Å². The van der Waals surface area contributed by atoms with Crippen molar-refractivity contribution in [3.05, 3.63) is 42.5 Å². The van der Waals surface area contributed by atoms with Crippen molar-refractivity contribution in [2.45, 2.75) is 50.9 Å². The van der Waals surface area contributed by atoms with Gasteiger partial charge in [-0.05, 0) is 24.3 Å². The lowest BCUT2D eigenvalue weighted by molar-refractivity contribution is -0.137. The normalized spacial score (nSPS) is 20.8. The van der Waals surface area contributed by atoms with Gasteiger partial charge in [0.05, 0.1) is 25.2 Å². The number of imidazole rings is 1. The summed E-state index contributed by atoms with van der Waals surface area (Å²) in [7, 11) is -16.4. The number of aliphatic hydroxyl groups excluding tert-OH is 2. The summed E-state index contributed by atoms with van der Waals surface area (Å²) in [6.07, 6.45) is -7.04. The van der Waals surface area contributed by atoms with E-state index in [1.165, 1.54) is 13.8 Å². The Hall–Kier alpha value is -3.95. The fourth-order valence-corrected chi connectivity index (χ4v) is 8.70. The number of carbonyl (C=O) groups excluding carboxylic acids is 3. The number of thioether (sulfide) groups is 1. The van der Waals surface area contributed by atoms with E-state index in [1.807, 2.05) is 0 Å². The summed E-state index contributed by atoms with van der Waals surface area (Å²) in [5, 5.41) is 26.1. The number of aliphatic hydroxyl groups is 2. The number of hydrogen-bond acceptors (Lipinski definition) is 19. The molecule has 3 heterocycles. The van der Waals surface area contributed by atoms with Crippen molar-refractivity contribution in [1.82, 2.24) is 30.2 Å². The quantitative estimate of drug-likeness (QED) is 0.0261. The number of ether oxygens (including phenoxy) is 1. The molecule has 2 aromatic heterocycles. The van der Waals surface area contributed by atoms with Crippen molar-refractivity contribution in [3.63, 3.8) is 0 Å². The summed E-state index contributed by atoms with van der Waals surface area (Å²) in [4.78, 5) is 92.0. The second-order valence-corrected chi connectivity index (χ2v) is 18.6. The number of nitrogen functional groups attached to an aromatic ring is 1. The molecule has 2 amide bonds. The van der Waals surface area contributed by atoms with Crippen molar-refractivity contribution in [1.29, 1.82) is 0 Å². The van der Waals surface area contributed by atoms with E-state index in [4.69, 9.17) is 31.0 Å². The number of aromatic nitrogens is 4. The van der Waals surface area contributed by atoms with Crippen LogP contribution in [-0.4, -0.2) is 129 Å². The van der Waals surface area contributed by atoms with Gasteiger partial charge in [-0.3, -0.25) is 32.5 Å². The van der Waals surface area contributed by atoms with Gasteiger partial charge in [0.2, 0.25) is 16.9 Å². The Balaban J connectivity index is 1.21. The predicted molar refractivity (Wildman–Crippen MR) is 208 cm³/mol. The molecule has 1 aliphatic heterocycles. The number of nitrogens with one attached hydrogen (secondary N) is 2. The molecular formula is C29H43N10O17P3S. The maximum atomic E-state index is 12.7. The molecule has 0 aliphatic carbocycles. The van der Waals surface area contributed by atoms with Crippen molar-refractivity contribution in [2.75, 3.05) is 37.8 Å². The topological polar surface area (TPSA) is 428 Å². The Bertz CT molecular complexity index is 2190. The number of nitrogens with two attached hydrogens (primary N) is 3. The predicted octanol–water partition coefficient (Wildman–Crippen LogP) is -1.12. The third kappa shape index (κ3) is 14.1. The zero-order valence-electron chi connectivity index (χ0n) is 31.5. The molecule has 0 saturated carbocycles. The summed E-state index contributed by atoms with van der Waals surface area (Å²) >= 11 is 0.958. The first-order valence-electron chi connectivity index (χ1n) is 17.1. The molecule has 7 unspecified atom stereocenters. The van der Waals surface area contributed by atoms with Crippen molar-refractivity contribution in [2.24, 2.45) is 21.9 Å². The van der Waals surface area contributed by atoms with Gasteiger partial charge < -0.3 is 62.4 Å². The zero-order chi connectivity index (χ0) is 44.6. The third-order valence-corrected chi connectivity index (χ3v) is 12.1. The first-order valence-corrected chi connectivity index (χ1v) is 22.6. The maximum absolute atomic E-state index is 12.7. The van der Waals surface area contributed by atoms with Crippen LogP contribution >= 0.6 is 35.2 Å². The Kier molecular flexibility index (Phi) is 16.5. The molecule has 31 heteroatoms. The molecule has 1 aromatic carbocycles. The molecule has 332 valence electrons. The molecular weight excluding hydrogens is 885 g/mol. The molecule has 0 spiro atoms. The van der Waals surface area contributed by atoms with Gasteiger partial charge in [-0.15, -0.1) is 0 Å². The van der Waals surface area contributed by atoms with Gasteiger partial charge in [0, 0.05) is 36.2 Å². The number of benzene rings is 1. The third-order valence-electron chi connectivity index (χ3n) is 8.10. The van der Waals surface area contributed by atoms with E-state index in [0.29, 0.717) is 11.3 Å². The van der Waals surface area contributed by atoms with Crippen LogP contribution in [0.2, 0.25) is 0 Å². The summed E-state index contributed by atoms with van der Waals surface area (Å²) in [6.45, 7) is 0.314. The number of aliphatic imine (C=N–C) groups is 1. The summed E-state index contributed by atoms with van der Waals surface area (Å²) in [5.74, 6) is -1.43. The minimum atomic E-state index is -5.59. The van der Waals surface area contributed by atoms with Gasteiger partial charge in [0.1, 0.15) is 36.3 Å². The standard InChI is InChI=1S/C29H43N10O17P3S/c1-29(2,22(42)25(43)34-8-7-18(40)33-9-10-60-27(44)15-3-5-16(6-4-15)38-28(31)32)12-53-59(50,51)56-58(48,49)52-11-17-21(55-57(45,46)47)20(41)26(54-17)39-14-37-19-23(30)35-13-36-24(19)39/h3-6,13-14,17,20-22,26,41-42H,7-12H2,1-2H3,(H,33,40)(H,34,43)(H,48,49)(H,50,51)(H2,30,35,36)(H4,31,32,38)(H2,45,46,47). The molecule has 14 N–H and O–H groups in total. The lowest BCUT2D eigenvalue weighted by Crippen LogP contribution is -2.46. The average molecular weight is 929 g/mol. The van der Waals surface area contributed by atoms with E-state index < -0.39 is 84.6 Å². The number of fused-ring (bicyclic) bond motifs is 1. The summed E-state index contributed by atoms with van der Waals surface area (Å²) in [5.41, 5.74) is 15.7. The summed E-state index contributed by atoms with van der Waals surface area (Å²) in [6, 6.07) is 6.22. The first kappa shape index (κ1) is 48.7. The number of rotatable bonds is 21. The highest BCUT2D eigenvalue weighted by Crippen LogP contribution is 2.61. The number of amides is 2. The van der Waals surface area contributed by atoms with Crippen LogP contribution in [0.1, 0.15) is 36.9 Å². The lowest BCUT2D eigenvalue weighted by Gasteiger charge is -2.30. The molecule has 4 rings (SSSR count). The minimum Gasteiger partial charge on any atom is -0.386 e. The zero-order valence-corrected chi connectivity index (χ0v) is 35.0. The molecule has 0 bridgehead atoms. The molecule has 1 aliphatic rings. The fraction of sp³-hybridized carbons (Fsp3) is 0.483. The van der Waals surface area contributed by atoms with Crippen LogP contribution in [0.5, 0.6) is 0 Å². The highest BCUT2D eigenvalue weighted by atomic mass is 32.2. The molecule has 0 radical (unpaired) electrons. The van der Waals surface area contributed by atoms with Crippen molar-refractivity contribution < 1.29 is 80.5 Å². The fourth-order valence-electron chi connectivity index (χ4n) is 5.18. The maximum Gasteiger partial charge on any atom is 0.481 e. The first-order chi connectivity index (χ1) is 27.9. The van der Waals surface area contributed by atoms with E-state index >= 15 is 0 Å². The van der Waals surface area contributed by atoms with Crippen molar-refractivity contribution in [3.8, 4) is 0 Å². The second kappa shape index (κ2) is 20.3. The number of phosphoric ester groups is 3. The van der Waals surface area contributed by atoms with Crippen LogP contribution in [0, 0.1) is 5.41 Å². The Morgan fingerprint density at radius 2 is 1.68 bits per heavy atom. The van der Waals surface area contributed by atoms with E-state index in [9.17, 15) is 57.9 Å². The molecule has 3 aromatic rings. The van der Waals surface area contributed by atoms with Crippen LogP contribution in [0.4, 0.5) is 11.5 Å². The largest absolute Gasteiger partial charge is 0.481 e. The minimum absolute atomic E-state index is 0.0232. The van der Waals surface area contributed by atoms with Gasteiger partial charge in [0.25, 0.3) is 0 Å². The van der Waals surface area contributed by atoms with Gasteiger partial charge in [-0.2, -0.15) is 4.31 Å². The molecule has 60 heavy (non-hydrogen) atoms. The highest BCUT2D eigenvalue weighted by molar-refractivity contribution is 8.14. The van der Waals surface area contributed by atoms with E-state index in [2.05, 4.69) is 39.4 Å². The van der Waals surface area contributed by atoms with Crippen LogP contribution in [0.25, 0.3) is 11.2 Å². The Morgan fingerprint density at radius 1 is 1.02 bits per heavy atom. The van der Waals surface area contributed by atoms with Gasteiger partial charge >= 0.3 is 23.5 Å². The smallest absolute Gasteiger partial charge is 0.386 e. The SMILES string of the molecule is CC(C)(COP(=O)(O)OP(=O)(O)OCC1OC(n2cnc3c(N)ncnc32)C(O)C1OP(=O)(O)O)C(O)C(=O)NCCC(=O)NCCSC(=O)c1ccc(N=C(N)N)cc1. The number of guanidine groups is 1. The number of nitrogens with zero attached hydrogens (tertiary/aromatic N) is 5. The van der Waals surface area contributed by atoms with Crippen molar-refractivity contribution >= 4 is 80.8 Å².